The van der Waals surface area contributed by atoms with Crippen molar-refractivity contribution >= 4 is 39.9 Å². The van der Waals surface area contributed by atoms with E-state index >= 15 is 0 Å². The summed E-state index contributed by atoms with van der Waals surface area (Å²) in [6, 6.07) is 7.44. The molecule has 1 atom stereocenters. The van der Waals surface area contributed by atoms with Crippen LogP contribution in [0.2, 0.25) is 0 Å². The van der Waals surface area contributed by atoms with Crippen LogP contribution >= 0.6 is 24.0 Å². The number of rotatable bonds is 7. The molecule has 0 aliphatic carbocycles. The average molecular weight is 341 g/mol. The standard InChI is InChI=1S/C16H24N2O2S2/c1-5-18(6-2)16(21)22-12(4)15(19)17-13-10-8-9-11-14(13)20-7-3/h8-12H,5-7H2,1-4H3,(H,17,19)/t12-/m0/s1. The van der Waals surface area contributed by atoms with Crippen molar-refractivity contribution in [1.82, 2.24) is 4.90 Å². The Morgan fingerprint density at radius 2 is 1.95 bits per heavy atom. The highest BCUT2D eigenvalue weighted by molar-refractivity contribution is 8.23. The second-order valence-corrected chi connectivity index (χ2v) is 6.59. The van der Waals surface area contributed by atoms with Gasteiger partial charge in [0.1, 0.15) is 10.1 Å². The number of amides is 1. The maximum Gasteiger partial charge on any atom is 0.237 e. The summed E-state index contributed by atoms with van der Waals surface area (Å²) in [5.41, 5.74) is 0.690. The van der Waals surface area contributed by atoms with Gasteiger partial charge in [-0.25, -0.2) is 0 Å². The van der Waals surface area contributed by atoms with Crippen LogP contribution in [0.3, 0.4) is 0 Å². The van der Waals surface area contributed by atoms with Crippen molar-refractivity contribution in [2.24, 2.45) is 0 Å². The Hall–Kier alpha value is -1.27. The minimum Gasteiger partial charge on any atom is -0.492 e. The Labute approximate surface area is 142 Å². The zero-order valence-corrected chi connectivity index (χ0v) is 15.2. The molecule has 1 aromatic rings. The van der Waals surface area contributed by atoms with E-state index in [0.29, 0.717) is 18.0 Å². The van der Waals surface area contributed by atoms with Crippen LogP contribution in [0.5, 0.6) is 5.75 Å². The van der Waals surface area contributed by atoms with Gasteiger partial charge in [-0.3, -0.25) is 4.79 Å². The predicted octanol–water partition coefficient (Wildman–Crippen LogP) is 3.77. The smallest absolute Gasteiger partial charge is 0.237 e. The third kappa shape index (κ3) is 5.50. The predicted molar refractivity (Wildman–Crippen MR) is 98.8 cm³/mol. The number of nitrogens with zero attached hydrogens (tertiary/aromatic N) is 1. The van der Waals surface area contributed by atoms with E-state index in [4.69, 9.17) is 17.0 Å². The number of para-hydroxylation sites is 2. The topological polar surface area (TPSA) is 41.6 Å². The van der Waals surface area contributed by atoms with Crippen molar-refractivity contribution in [3.63, 3.8) is 0 Å². The first-order chi connectivity index (χ1) is 10.5. The second kappa shape index (κ2) is 9.69. The number of nitrogens with one attached hydrogen (secondary N) is 1. The number of thiocarbonyl (C=S) groups is 1. The van der Waals surface area contributed by atoms with Crippen LogP contribution < -0.4 is 10.1 Å². The number of thioether (sulfide) groups is 1. The highest BCUT2D eigenvalue weighted by Crippen LogP contribution is 2.25. The molecule has 0 saturated carbocycles. The minimum absolute atomic E-state index is 0.0772. The average Bonchev–Trinajstić information content (AvgIpc) is 2.50. The number of carbonyl (C=O) groups is 1. The molecule has 0 heterocycles. The molecule has 0 bridgehead atoms. The first kappa shape index (κ1) is 18.8. The van der Waals surface area contributed by atoms with Gasteiger partial charge in [0, 0.05) is 13.1 Å². The van der Waals surface area contributed by atoms with Gasteiger partial charge >= 0.3 is 0 Å². The van der Waals surface area contributed by atoms with Gasteiger partial charge in [0.25, 0.3) is 0 Å². The van der Waals surface area contributed by atoms with E-state index in [1.54, 1.807) is 0 Å². The lowest BCUT2D eigenvalue weighted by atomic mass is 10.3. The molecule has 1 rings (SSSR count). The Balaban J connectivity index is 2.67. The van der Waals surface area contributed by atoms with Crippen molar-refractivity contribution in [2.75, 3.05) is 25.0 Å². The van der Waals surface area contributed by atoms with E-state index in [0.717, 1.165) is 17.4 Å². The summed E-state index contributed by atoms with van der Waals surface area (Å²) in [6.45, 7) is 10.1. The van der Waals surface area contributed by atoms with Gasteiger partial charge < -0.3 is 15.0 Å². The monoisotopic (exact) mass is 340 g/mol. The van der Waals surface area contributed by atoms with Gasteiger partial charge in [-0.05, 0) is 39.8 Å². The lowest BCUT2D eigenvalue weighted by Gasteiger charge is -2.23. The van der Waals surface area contributed by atoms with E-state index in [1.807, 2.05) is 38.1 Å². The highest BCUT2D eigenvalue weighted by atomic mass is 32.2. The number of hydrogen-bond donors (Lipinski definition) is 1. The van der Waals surface area contributed by atoms with Gasteiger partial charge in [0.15, 0.2) is 0 Å². The van der Waals surface area contributed by atoms with Crippen LogP contribution in [0.4, 0.5) is 5.69 Å². The molecular weight excluding hydrogens is 316 g/mol. The van der Waals surface area contributed by atoms with Crippen molar-refractivity contribution < 1.29 is 9.53 Å². The van der Waals surface area contributed by atoms with Crippen LogP contribution in [-0.4, -0.2) is 40.1 Å². The van der Waals surface area contributed by atoms with Crippen LogP contribution in [0.15, 0.2) is 24.3 Å². The van der Waals surface area contributed by atoms with E-state index in [9.17, 15) is 4.79 Å². The largest absolute Gasteiger partial charge is 0.492 e. The summed E-state index contributed by atoms with van der Waals surface area (Å²) in [6.07, 6.45) is 0. The Bertz CT molecular complexity index is 505. The van der Waals surface area contributed by atoms with Gasteiger partial charge in [-0.1, -0.05) is 36.1 Å². The number of ether oxygens (including phenoxy) is 1. The van der Waals surface area contributed by atoms with Crippen molar-refractivity contribution in [3.8, 4) is 5.75 Å². The molecule has 4 nitrogen and oxygen atoms in total. The van der Waals surface area contributed by atoms with E-state index in [-0.39, 0.29) is 11.2 Å². The molecule has 0 spiro atoms. The molecule has 1 aromatic carbocycles. The zero-order chi connectivity index (χ0) is 16.5. The van der Waals surface area contributed by atoms with E-state index in [1.165, 1.54) is 11.8 Å². The molecule has 0 radical (unpaired) electrons. The molecule has 122 valence electrons. The number of hydrogen-bond acceptors (Lipinski definition) is 4. The molecule has 0 aromatic heterocycles. The first-order valence-corrected chi connectivity index (χ1v) is 8.80. The Morgan fingerprint density at radius 1 is 1.32 bits per heavy atom. The minimum atomic E-state index is -0.261. The maximum absolute atomic E-state index is 12.3. The quantitative estimate of drug-likeness (QED) is 0.765. The lowest BCUT2D eigenvalue weighted by Crippen LogP contribution is -2.31. The molecule has 1 amide bonds. The van der Waals surface area contributed by atoms with Crippen molar-refractivity contribution in [3.05, 3.63) is 24.3 Å². The SMILES string of the molecule is CCOc1ccccc1NC(=O)[C@H](C)SC(=S)N(CC)CC. The summed E-state index contributed by atoms with van der Waals surface area (Å²) in [5, 5.41) is 2.65. The highest BCUT2D eigenvalue weighted by Gasteiger charge is 2.19. The second-order valence-electron chi connectivity index (χ2n) is 4.62. The lowest BCUT2D eigenvalue weighted by molar-refractivity contribution is -0.115. The molecule has 22 heavy (non-hydrogen) atoms. The Morgan fingerprint density at radius 3 is 2.55 bits per heavy atom. The molecule has 0 saturated heterocycles. The molecule has 0 fully saturated rings. The Kier molecular flexibility index (Phi) is 8.27. The zero-order valence-electron chi connectivity index (χ0n) is 13.6. The summed E-state index contributed by atoms with van der Waals surface area (Å²) in [7, 11) is 0. The van der Waals surface area contributed by atoms with Gasteiger partial charge in [0.2, 0.25) is 5.91 Å². The van der Waals surface area contributed by atoms with E-state index < -0.39 is 0 Å². The molecule has 0 aliphatic heterocycles. The third-order valence-corrected chi connectivity index (χ3v) is 4.69. The molecule has 6 heteroatoms. The fraction of sp³-hybridized carbons (Fsp3) is 0.500. The molecular formula is C16H24N2O2S2. The van der Waals surface area contributed by atoms with Crippen LogP contribution in [0, 0.1) is 0 Å². The normalized spacial score (nSPS) is 11.6. The van der Waals surface area contributed by atoms with Crippen molar-refractivity contribution in [2.45, 2.75) is 32.9 Å². The van der Waals surface area contributed by atoms with Crippen molar-refractivity contribution in [1.29, 1.82) is 0 Å². The number of carbonyl (C=O) groups excluding carboxylic acids is 1. The van der Waals surface area contributed by atoms with Gasteiger partial charge in [-0.2, -0.15) is 0 Å². The number of anilines is 1. The molecule has 0 aliphatic rings. The summed E-state index contributed by atoms with van der Waals surface area (Å²) in [5.74, 6) is 0.605. The summed E-state index contributed by atoms with van der Waals surface area (Å²) < 4.78 is 6.27. The molecule has 1 N–H and O–H groups in total. The fourth-order valence-corrected chi connectivity index (χ4v) is 3.41. The van der Waals surface area contributed by atoms with Gasteiger partial charge in [0.05, 0.1) is 17.5 Å². The number of benzene rings is 1. The molecule has 0 unspecified atom stereocenters. The van der Waals surface area contributed by atoms with Crippen LogP contribution in [-0.2, 0) is 4.79 Å². The third-order valence-electron chi connectivity index (χ3n) is 3.11. The summed E-state index contributed by atoms with van der Waals surface area (Å²) >= 11 is 6.79. The van der Waals surface area contributed by atoms with Gasteiger partial charge in [-0.15, -0.1) is 0 Å². The summed E-state index contributed by atoms with van der Waals surface area (Å²) in [4.78, 5) is 14.4. The fourth-order valence-electron chi connectivity index (χ4n) is 1.85. The van der Waals surface area contributed by atoms with Crippen LogP contribution in [0.1, 0.15) is 27.7 Å². The van der Waals surface area contributed by atoms with Crippen LogP contribution in [0.25, 0.3) is 0 Å². The first-order valence-electron chi connectivity index (χ1n) is 7.51. The van der Waals surface area contributed by atoms with E-state index in [2.05, 4.69) is 24.1 Å². The maximum atomic E-state index is 12.3.